The van der Waals surface area contributed by atoms with Crippen LogP contribution < -0.4 is 15.8 Å². The lowest BCUT2D eigenvalue weighted by atomic mass is 10.1. The van der Waals surface area contributed by atoms with E-state index >= 15 is 0 Å². The molecule has 0 saturated heterocycles. The summed E-state index contributed by atoms with van der Waals surface area (Å²) < 4.78 is 5.39. The third-order valence-corrected chi connectivity index (χ3v) is 2.64. The summed E-state index contributed by atoms with van der Waals surface area (Å²) in [5.74, 6) is -0.475. The zero-order valence-corrected chi connectivity index (χ0v) is 11.0. The van der Waals surface area contributed by atoms with Gasteiger partial charge in [-0.1, -0.05) is 0 Å². The molecular weight excluding hydrogens is 258 g/mol. The molecule has 2 aromatic rings. The van der Waals surface area contributed by atoms with Gasteiger partial charge in [0.1, 0.15) is 0 Å². The van der Waals surface area contributed by atoms with Gasteiger partial charge in [-0.15, -0.1) is 0 Å². The Balaban J connectivity index is 2.52. The summed E-state index contributed by atoms with van der Waals surface area (Å²) in [7, 11) is 0. The number of pyridine rings is 1. The number of hydrogen-bond acceptors (Lipinski definition) is 5. The van der Waals surface area contributed by atoms with E-state index in [0.29, 0.717) is 18.0 Å². The second-order valence-corrected chi connectivity index (χ2v) is 3.99. The second kappa shape index (κ2) is 5.92. The number of phenols is 1. The number of nitrogens with one attached hydrogen (secondary N) is 1. The third kappa shape index (κ3) is 2.80. The van der Waals surface area contributed by atoms with Crippen LogP contribution in [-0.4, -0.2) is 22.6 Å². The molecule has 1 heterocycles. The Labute approximate surface area is 116 Å². The second-order valence-electron chi connectivity index (χ2n) is 3.99. The molecule has 0 radical (unpaired) electrons. The molecule has 20 heavy (non-hydrogen) atoms. The molecule has 0 bridgehead atoms. The highest BCUT2D eigenvalue weighted by Gasteiger charge is 2.17. The number of nitrogens with zero attached hydrogens (tertiary/aromatic N) is 1. The number of aromatic hydroxyl groups is 1. The number of rotatable bonds is 5. The minimum Gasteiger partial charge on any atom is -0.504 e. The molecular formula is C14H15N3O3. The normalized spacial score (nSPS) is 10.1. The lowest BCUT2D eigenvalue weighted by Gasteiger charge is -2.16. The Kier molecular flexibility index (Phi) is 4.05. The lowest BCUT2D eigenvalue weighted by molar-refractivity contribution is 0.100. The fourth-order valence-electron chi connectivity index (χ4n) is 1.77. The average Bonchev–Trinajstić information content (AvgIpc) is 2.43. The van der Waals surface area contributed by atoms with Gasteiger partial charge in [-0.25, -0.2) is 0 Å². The molecule has 1 aromatic carbocycles. The van der Waals surface area contributed by atoms with Crippen LogP contribution in [0, 0.1) is 0 Å². The predicted molar refractivity (Wildman–Crippen MR) is 75.3 cm³/mol. The Morgan fingerprint density at radius 2 is 2.05 bits per heavy atom. The van der Waals surface area contributed by atoms with Crippen LogP contribution in [0.5, 0.6) is 11.5 Å². The Morgan fingerprint density at radius 3 is 2.65 bits per heavy atom. The van der Waals surface area contributed by atoms with Gasteiger partial charge in [-0.05, 0) is 31.2 Å². The minimum absolute atomic E-state index is 0.0617. The number of primary amides is 1. The number of benzene rings is 1. The molecule has 0 aliphatic heterocycles. The van der Waals surface area contributed by atoms with Gasteiger partial charge in [0.05, 0.1) is 17.9 Å². The van der Waals surface area contributed by atoms with Crippen molar-refractivity contribution in [2.24, 2.45) is 5.73 Å². The van der Waals surface area contributed by atoms with Crippen molar-refractivity contribution in [2.75, 3.05) is 11.9 Å². The van der Waals surface area contributed by atoms with Crippen molar-refractivity contribution >= 4 is 17.3 Å². The zero-order chi connectivity index (χ0) is 14.5. The number of carbonyl (C=O) groups is 1. The average molecular weight is 273 g/mol. The molecule has 6 nitrogen and oxygen atoms in total. The van der Waals surface area contributed by atoms with Crippen LogP contribution in [0.3, 0.4) is 0 Å². The number of hydrogen-bond donors (Lipinski definition) is 3. The summed E-state index contributed by atoms with van der Waals surface area (Å²) in [6.07, 6.45) is 3.21. The SMILES string of the molecule is CCOc1c(O)ccc(C(N)=O)c1Nc1ccncc1. The topological polar surface area (TPSA) is 97.5 Å². The van der Waals surface area contributed by atoms with E-state index in [1.165, 1.54) is 12.1 Å². The summed E-state index contributed by atoms with van der Waals surface area (Å²) in [6, 6.07) is 6.28. The van der Waals surface area contributed by atoms with E-state index in [4.69, 9.17) is 10.5 Å². The molecule has 0 unspecified atom stereocenters. The van der Waals surface area contributed by atoms with E-state index in [-0.39, 0.29) is 17.1 Å². The van der Waals surface area contributed by atoms with Gasteiger partial charge >= 0.3 is 0 Å². The van der Waals surface area contributed by atoms with Gasteiger partial charge in [-0.2, -0.15) is 0 Å². The molecule has 0 aliphatic rings. The summed E-state index contributed by atoms with van der Waals surface area (Å²) in [5.41, 5.74) is 6.64. The zero-order valence-electron chi connectivity index (χ0n) is 11.0. The molecule has 0 fully saturated rings. The van der Waals surface area contributed by atoms with Crippen molar-refractivity contribution in [1.29, 1.82) is 0 Å². The summed E-state index contributed by atoms with van der Waals surface area (Å²) >= 11 is 0. The van der Waals surface area contributed by atoms with Gasteiger partial charge < -0.3 is 20.9 Å². The first-order chi connectivity index (χ1) is 9.63. The smallest absolute Gasteiger partial charge is 0.250 e. The van der Waals surface area contributed by atoms with E-state index in [9.17, 15) is 9.90 Å². The van der Waals surface area contributed by atoms with E-state index in [1.54, 1.807) is 31.5 Å². The Hall–Kier alpha value is -2.76. The van der Waals surface area contributed by atoms with Crippen LogP contribution in [0.25, 0.3) is 0 Å². The molecule has 0 saturated carbocycles. The van der Waals surface area contributed by atoms with Gasteiger partial charge in [0.2, 0.25) is 0 Å². The molecule has 4 N–H and O–H groups in total. The number of nitrogens with two attached hydrogens (primary N) is 1. The predicted octanol–water partition coefficient (Wildman–Crippen LogP) is 2.03. The maximum absolute atomic E-state index is 11.5. The highest BCUT2D eigenvalue weighted by Crippen LogP contribution is 2.38. The van der Waals surface area contributed by atoms with Crippen molar-refractivity contribution < 1.29 is 14.6 Å². The molecule has 2 rings (SSSR count). The van der Waals surface area contributed by atoms with Crippen molar-refractivity contribution in [3.8, 4) is 11.5 Å². The molecule has 1 amide bonds. The standard InChI is InChI=1S/C14H15N3O3/c1-2-20-13-11(18)4-3-10(14(15)19)12(13)17-9-5-7-16-8-6-9/h3-8,18H,2H2,1H3,(H2,15,19)(H,16,17). The van der Waals surface area contributed by atoms with Gasteiger partial charge in [0.25, 0.3) is 5.91 Å². The van der Waals surface area contributed by atoms with Crippen LogP contribution in [0.15, 0.2) is 36.7 Å². The maximum Gasteiger partial charge on any atom is 0.250 e. The Bertz CT molecular complexity index is 615. The summed E-state index contributed by atoms with van der Waals surface area (Å²) in [5, 5.41) is 12.9. The van der Waals surface area contributed by atoms with Crippen LogP contribution in [0.4, 0.5) is 11.4 Å². The van der Waals surface area contributed by atoms with Crippen LogP contribution >= 0.6 is 0 Å². The van der Waals surface area contributed by atoms with Gasteiger partial charge in [0.15, 0.2) is 11.5 Å². The fraction of sp³-hybridized carbons (Fsp3) is 0.143. The molecule has 104 valence electrons. The van der Waals surface area contributed by atoms with Crippen molar-refractivity contribution in [3.05, 3.63) is 42.2 Å². The number of anilines is 2. The van der Waals surface area contributed by atoms with E-state index in [2.05, 4.69) is 10.3 Å². The van der Waals surface area contributed by atoms with E-state index < -0.39 is 5.91 Å². The van der Waals surface area contributed by atoms with Gasteiger partial charge in [-0.3, -0.25) is 9.78 Å². The molecule has 0 spiro atoms. The van der Waals surface area contributed by atoms with Crippen molar-refractivity contribution in [2.45, 2.75) is 6.92 Å². The number of ether oxygens (including phenoxy) is 1. The van der Waals surface area contributed by atoms with Crippen molar-refractivity contribution in [1.82, 2.24) is 4.98 Å². The summed E-state index contributed by atoms with van der Waals surface area (Å²) in [6.45, 7) is 2.13. The van der Waals surface area contributed by atoms with Crippen LogP contribution in [-0.2, 0) is 0 Å². The number of phenolic OH excluding ortho intramolecular Hbond substituents is 1. The third-order valence-electron chi connectivity index (χ3n) is 2.64. The van der Waals surface area contributed by atoms with Crippen LogP contribution in [0.1, 0.15) is 17.3 Å². The first-order valence-electron chi connectivity index (χ1n) is 6.09. The summed E-state index contributed by atoms with van der Waals surface area (Å²) in [4.78, 5) is 15.4. The minimum atomic E-state index is -0.609. The molecule has 0 atom stereocenters. The number of aromatic nitrogens is 1. The fourth-order valence-corrected chi connectivity index (χ4v) is 1.77. The molecule has 6 heteroatoms. The number of amides is 1. The first kappa shape index (κ1) is 13.7. The number of carbonyl (C=O) groups excluding carboxylic acids is 1. The highest BCUT2D eigenvalue weighted by molar-refractivity contribution is 6.01. The lowest BCUT2D eigenvalue weighted by Crippen LogP contribution is -2.14. The van der Waals surface area contributed by atoms with Gasteiger partial charge in [0, 0.05) is 18.1 Å². The highest BCUT2D eigenvalue weighted by atomic mass is 16.5. The molecule has 0 aliphatic carbocycles. The molecule has 1 aromatic heterocycles. The first-order valence-corrected chi connectivity index (χ1v) is 6.09. The van der Waals surface area contributed by atoms with Crippen LogP contribution in [0.2, 0.25) is 0 Å². The Morgan fingerprint density at radius 1 is 1.35 bits per heavy atom. The maximum atomic E-state index is 11.5. The monoisotopic (exact) mass is 273 g/mol. The quantitative estimate of drug-likeness (QED) is 0.774. The largest absolute Gasteiger partial charge is 0.504 e. The van der Waals surface area contributed by atoms with E-state index in [0.717, 1.165) is 0 Å². The van der Waals surface area contributed by atoms with E-state index in [1.807, 2.05) is 0 Å². The van der Waals surface area contributed by atoms with Crippen molar-refractivity contribution in [3.63, 3.8) is 0 Å².